The molecule has 5 rings (SSSR count). The van der Waals surface area contributed by atoms with Gasteiger partial charge in [-0.15, -0.1) is 0 Å². The van der Waals surface area contributed by atoms with Crippen molar-refractivity contribution in [3.05, 3.63) is 59.9 Å². The SMILES string of the molecule is COc1cc(-c2ccccc2)nc2cc(-c3nn(C4CC(O)C4)c(N)c3C(N)=O)cc(F)c12. The van der Waals surface area contributed by atoms with Crippen molar-refractivity contribution in [2.45, 2.75) is 25.0 Å². The van der Waals surface area contributed by atoms with Crippen LogP contribution in [0.2, 0.25) is 0 Å². The fraction of sp³-hybridized carbons (Fsp3) is 0.208. The normalized spacial score (nSPS) is 17.7. The Balaban J connectivity index is 1.71. The summed E-state index contributed by atoms with van der Waals surface area (Å²) in [6.45, 7) is 0. The van der Waals surface area contributed by atoms with Crippen LogP contribution in [0.3, 0.4) is 0 Å². The number of anilines is 1. The minimum atomic E-state index is -0.766. The van der Waals surface area contributed by atoms with E-state index >= 15 is 4.39 Å². The lowest BCUT2D eigenvalue weighted by molar-refractivity contribution is 0.0445. The van der Waals surface area contributed by atoms with Gasteiger partial charge in [0.2, 0.25) is 0 Å². The number of carbonyl (C=O) groups is 1. The molecule has 1 fully saturated rings. The predicted molar refractivity (Wildman–Crippen MR) is 122 cm³/mol. The number of hydrogen-bond acceptors (Lipinski definition) is 6. The maximum atomic E-state index is 15.3. The third-order valence-electron chi connectivity index (χ3n) is 6.02. The summed E-state index contributed by atoms with van der Waals surface area (Å²) in [6.07, 6.45) is 0.495. The number of aliphatic hydroxyl groups excluding tert-OH is 1. The minimum absolute atomic E-state index is 0.0151. The Kier molecular flexibility index (Phi) is 4.98. The van der Waals surface area contributed by atoms with Crippen LogP contribution in [0.1, 0.15) is 29.2 Å². The van der Waals surface area contributed by atoms with Crippen molar-refractivity contribution in [3.8, 4) is 28.3 Å². The molecule has 33 heavy (non-hydrogen) atoms. The zero-order chi connectivity index (χ0) is 23.3. The van der Waals surface area contributed by atoms with E-state index in [2.05, 4.69) is 10.1 Å². The highest BCUT2D eigenvalue weighted by molar-refractivity contribution is 6.04. The number of pyridine rings is 1. The number of nitrogens with zero attached hydrogens (tertiary/aromatic N) is 3. The quantitative estimate of drug-likeness (QED) is 0.431. The van der Waals surface area contributed by atoms with Gasteiger partial charge in [0.05, 0.1) is 35.9 Å². The monoisotopic (exact) mass is 447 g/mol. The van der Waals surface area contributed by atoms with Gasteiger partial charge in [-0.3, -0.25) is 4.79 Å². The number of aliphatic hydroxyl groups is 1. The van der Waals surface area contributed by atoms with Gasteiger partial charge in [0, 0.05) is 17.2 Å². The van der Waals surface area contributed by atoms with E-state index in [1.165, 1.54) is 17.9 Å². The molecule has 0 saturated heterocycles. The summed E-state index contributed by atoms with van der Waals surface area (Å²) in [5, 5.41) is 14.4. The van der Waals surface area contributed by atoms with E-state index in [1.807, 2.05) is 30.3 Å². The second-order valence-corrected chi connectivity index (χ2v) is 8.12. The van der Waals surface area contributed by atoms with E-state index in [0.717, 1.165) is 5.56 Å². The highest BCUT2D eigenvalue weighted by Crippen LogP contribution is 2.39. The number of nitrogen functional groups attached to an aromatic ring is 1. The summed E-state index contributed by atoms with van der Waals surface area (Å²) in [5.41, 5.74) is 14.1. The first-order valence-electron chi connectivity index (χ1n) is 10.5. The van der Waals surface area contributed by atoms with Crippen molar-refractivity contribution >= 4 is 22.6 Å². The van der Waals surface area contributed by atoms with Crippen LogP contribution in [0, 0.1) is 5.82 Å². The van der Waals surface area contributed by atoms with Gasteiger partial charge in [-0.05, 0) is 25.0 Å². The molecular weight excluding hydrogens is 425 g/mol. The number of benzene rings is 2. The van der Waals surface area contributed by atoms with Crippen molar-refractivity contribution in [2.24, 2.45) is 5.73 Å². The first kappa shape index (κ1) is 20.9. The molecule has 5 N–H and O–H groups in total. The zero-order valence-corrected chi connectivity index (χ0v) is 17.8. The number of amides is 1. The van der Waals surface area contributed by atoms with Crippen molar-refractivity contribution in [1.82, 2.24) is 14.8 Å². The number of primary amides is 1. The van der Waals surface area contributed by atoms with E-state index in [9.17, 15) is 9.90 Å². The van der Waals surface area contributed by atoms with Crippen LogP contribution < -0.4 is 16.2 Å². The van der Waals surface area contributed by atoms with E-state index < -0.39 is 17.8 Å². The summed E-state index contributed by atoms with van der Waals surface area (Å²) < 4.78 is 22.2. The van der Waals surface area contributed by atoms with Gasteiger partial charge >= 0.3 is 0 Å². The number of nitrogens with two attached hydrogens (primary N) is 2. The first-order chi connectivity index (χ1) is 15.9. The van der Waals surface area contributed by atoms with Gasteiger partial charge in [-0.25, -0.2) is 14.1 Å². The lowest BCUT2D eigenvalue weighted by Crippen LogP contribution is -2.32. The van der Waals surface area contributed by atoms with Gasteiger partial charge in [-0.2, -0.15) is 5.10 Å². The number of halogens is 1. The maximum Gasteiger partial charge on any atom is 0.254 e. The maximum absolute atomic E-state index is 15.3. The largest absolute Gasteiger partial charge is 0.496 e. The topological polar surface area (TPSA) is 129 Å². The number of hydrogen-bond donors (Lipinski definition) is 3. The van der Waals surface area contributed by atoms with E-state index in [4.69, 9.17) is 16.2 Å². The molecule has 0 radical (unpaired) electrons. The number of methoxy groups -OCH3 is 1. The number of carbonyl (C=O) groups excluding carboxylic acids is 1. The van der Waals surface area contributed by atoms with Crippen molar-refractivity contribution in [2.75, 3.05) is 12.8 Å². The highest BCUT2D eigenvalue weighted by Gasteiger charge is 2.33. The Bertz CT molecular complexity index is 1380. The van der Waals surface area contributed by atoms with Gasteiger partial charge in [0.15, 0.2) is 0 Å². The molecule has 0 aliphatic heterocycles. The summed E-state index contributed by atoms with van der Waals surface area (Å²) in [4.78, 5) is 16.9. The average molecular weight is 447 g/mol. The van der Waals surface area contributed by atoms with Crippen LogP contribution in [0.25, 0.3) is 33.4 Å². The van der Waals surface area contributed by atoms with E-state index in [-0.39, 0.29) is 28.5 Å². The number of fused-ring (bicyclic) bond motifs is 1. The molecule has 2 aromatic heterocycles. The minimum Gasteiger partial charge on any atom is -0.496 e. The molecular formula is C24H22FN5O3. The Morgan fingerprint density at radius 3 is 2.55 bits per heavy atom. The van der Waals surface area contributed by atoms with Crippen LogP contribution in [-0.4, -0.2) is 39.0 Å². The second kappa shape index (κ2) is 7.86. The third kappa shape index (κ3) is 3.46. The van der Waals surface area contributed by atoms with Gasteiger partial charge < -0.3 is 21.3 Å². The molecule has 0 spiro atoms. The Morgan fingerprint density at radius 1 is 1.18 bits per heavy atom. The van der Waals surface area contributed by atoms with Gasteiger partial charge in [0.25, 0.3) is 5.91 Å². The zero-order valence-electron chi connectivity index (χ0n) is 17.8. The average Bonchev–Trinajstić information content (AvgIpc) is 3.13. The molecule has 8 nitrogen and oxygen atoms in total. The molecule has 1 saturated carbocycles. The molecule has 9 heteroatoms. The van der Waals surface area contributed by atoms with Crippen molar-refractivity contribution in [1.29, 1.82) is 0 Å². The predicted octanol–water partition coefficient (Wildman–Crippen LogP) is 3.29. The van der Waals surface area contributed by atoms with E-state index in [1.54, 1.807) is 12.1 Å². The molecule has 2 aromatic carbocycles. The summed E-state index contributed by atoms with van der Waals surface area (Å²) in [6, 6.07) is 13.9. The van der Waals surface area contributed by atoms with Gasteiger partial charge in [-0.1, -0.05) is 30.3 Å². The second-order valence-electron chi connectivity index (χ2n) is 8.12. The van der Waals surface area contributed by atoms with E-state index in [0.29, 0.717) is 35.4 Å². The van der Waals surface area contributed by atoms with Crippen LogP contribution in [-0.2, 0) is 0 Å². The molecule has 2 heterocycles. The molecule has 1 aliphatic carbocycles. The summed E-state index contributed by atoms with van der Waals surface area (Å²) >= 11 is 0. The lowest BCUT2D eigenvalue weighted by Gasteiger charge is -2.32. The molecule has 0 atom stereocenters. The Morgan fingerprint density at radius 2 is 1.91 bits per heavy atom. The highest BCUT2D eigenvalue weighted by atomic mass is 19.1. The fourth-order valence-electron chi connectivity index (χ4n) is 4.27. The van der Waals surface area contributed by atoms with Crippen molar-refractivity contribution in [3.63, 3.8) is 0 Å². The number of ether oxygens (including phenoxy) is 1. The standard InChI is InChI=1S/C24H22FN5O3/c1-33-19-11-17(12-5-3-2-4-6-12)28-18-8-13(7-16(25)20(18)19)22-21(24(27)32)23(26)30(29-22)14-9-15(31)10-14/h2-8,11,14-15,31H,9-10,26H2,1H3,(H2,27,32). The fourth-order valence-corrected chi connectivity index (χ4v) is 4.27. The molecule has 1 amide bonds. The molecule has 0 unspecified atom stereocenters. The third-order valence-corrected chi connectivity index (χ3v) is 6.02. The number of aromatic nitrogens is 3. The van der Waals surface area contributed by atoms with Crippen LogP contribution in [0.4, 0.5) is 10.2 Å². The molecule has 4 aromatic rings. The molecule has 168 valence electrons. The van der Waals surface area contributed by atoms with Crippen molar-refractivity contribution < 1.29 is 19.0 Å². The molecule has 0 bridgehead atoms. The Hall–Kier alpha value is -3.98. The Labute approximate surface area is 188 Å². The molecule has 1 aliphatic rings. The lowest BCUT2D eigenvalue weighted by atomic mass is 9.90. The summed E-state index contributed by atoms with van der Waals surface area (Å²) in [5.74, 6) is -0.906. The number of rotatable bonds is 5. The first-order valence-corrected chi connectivity index (χ1v) is 10.5. The summed E-state index contributed by atoms with van der Waals surface area (Å²) in [7, 11) is 1.47. The van der Waals surface area contributed by atoms with Crippen LogP contribution >= 0.6 is 0 Å². The van der Waals surface area contributed by atoms with Gasteiger partial charge in [0.1, 0.15) is 28.6 Å². The van der Waals surface area contributed by atoms with Crippen LogP contribution in [0.5, 0.6) is 5.75 Å². The smallest absolute Gasteiger partial charge is 0.254 e. The van der Waals surface area contributed by atoms with Crippen LogP contribution in [0.15, 0.2) is 48.5 Å².